The van der Waals surface area contributed by atoms with Gasteiger partial charge in [-0.1, -0.05) is 35.9 Å². The number of nitrogens with zero attached hydrogens (tertiary/aromatic N) is 1. The topological polar surface area (TPSA) is 85.3 Å². The van der Waals surface area contributed by atoms with Crippen molar-refractivity contribution in [3.63, 3.8) is 0 Å². The number of hydrogen-bond acceptors (Lipinski definition) is 6. The second-order valence-corrected chi connectivity index (χ2v) is 8.54. The van der Waals surface area contributed by atoms with Crippen molar-refractivity contribution in [1.82, 2.24) is 4.90 Å². The SMILES string of the molecule is CCOc1cccc(C2/C(=C(/O)c3ccc(Cl)c(OC)c3)C(=O)C(=O)N2Cc2ccc(OC)cc2)c1. The number of ether oxygens (including phenoxy) is 3. The monoisotopic (exact) mass is 507 g/mol. The molecule has 1 aliphatic rings. The largest absolute Gasteiger partial charge is 0.507 e. The molecule has 3 aromatic carbocycles. The molecule has 1 saturated heterocycles. The maximum Gasteiger partial charge on any atom is 0.295 e. The average molecular weight is 508 g/mol. The molecule has 0 aromatic heterocycles. The Hall–Kier alpha value is -3.97. The van der Waals surface area contributed by atoms with Crippen molar-refractivity contribution in [2.75, 3.05) is 20.8 Å². The quantitative estimate of drug-likeness (QED) is 0.250. The lowest BCUT2D eigenvalue weighted by molar-refractivity contribution is -0.140. The number of likely N-dealkylation sites (tertiary alicyclic amines) is 1. The average Bonchev–Trinajstić information content (AvgIpc) is 3.14. The summed E-state index contributed by atoms with van der Waals surface area (Å²) < 4.78 is 16.1. The highest BCUT2D eigenvalue weighted by atomic mass is 35.5. The van der Waals surface area contributed by atoms with E-state index in [4.69, 9.17) is 25.8 Å². The fourth-order valence-corrected chi connectivity index (χ4v) is 4.42. The van der Waals surface area contributed by atoms with Gasteiger partial charge in [0, 0.05) is 12.1 Å². The maximum atomic E-state index is 13.3. The summed E-state index contributed by atoms with van der Waals surface area (Å²) >= 11 is 6.14. The van der Waals surface area contributed by atoms with Crippen LogP contribution in [0.3, 0.4) is 0 Å². The number of halogens is 1. The lowest BCUT2D eigenvalue weighted by Crippen LogP contribution is -2.29. The van der Waals surface area contributed by atoms with E-state index in [-0.39, 0.29) is 17.9 Å². The molecular weight excluding hydrogens is 482 g/mol. The molecule has 7 nitrogen and oxygen atoms in total. The Kier molecular flexibility index (Phi) is 7.50. The smallest absolute Gasteiger partial charge is 0.295 e. The third-order valence-corrected chi connectivity index (χ3v) is 6.27. The summed E-state index contributed by atoms with van der Waals surface area (Å²) in [4.78, 5) is 28.1. The highest BCUT2D eigenvalue weighted by Gasteiger charge is 2.46. The van der Waals surface area contributed by atoms with Gasteiger partial charge in [-0.15, -0.1) is 0 Å². The first-order valence-electron chi connectivity index (χ1n) is 11.4. The third kappa shape index (κ3) is 4.88. The molecule has 0 saturated carbocycles. The number of Topliss-reactive ketones (excluding diaryl/α,β-unsaturated/α-hetero) is 1. The first-order chi connectivity index (χ1) is 17.4. The van der Waals surface area contributed by atoms with Crippen LogP contribution in [0.2, 0.25) is 5.02 Å². The number of benzene rings is 3. The molecule has 1 N–H and O–H groups in total. The van der Waals surface area contributed by atoms with E-state index in [1.165, 1.54) is 18.1 Å². The predicted molar refractivity (Wildman–Crippen MR) is 136 cm³/mol. The summed E-state index contributed by atoms with van der Waals surface area (Å²) in [6, 6.07) is 18.2. The van der Waals surface area contributed by atoms with Crippen LogP contribution in [-0.2, 0) is 16.1 Å². The fraction of sp³-hybridized carbons (Fsp3) is 0.214. The molecule has 3 aromatic rings. The fourth-order valence-electron chi connectivity index (χ4n) is 4.22. The molecular formula is C28H26ClNO6. The molecule has 0 radical (unpaired) electrons. The van der Waals surface area contributed by atoms with Gasteiger partial charge in [-0.25, -0.2) is 0 Å². The lowest BCUT2D eigenvalue weighted by Gasteiger charge is -2.26. The molecule has 0 aliphatic carbocycles. The van der Waals surface area contributed by atoms with Gasteiger partial charge in [-0.3, -0.25) is 9.59 Å². The molecule has 1 atom stereocenters. The molecule has 8 heteroatoms. The Morgan fingerprint density at radius 2 is 1.72 bits per heavy atom. The van der Waals surface area contributed by atoms with Gasteiger partial charge in [-0.05, 0) is 60.5 Å². The predicted octanol–water partition coefficient (Wildman–Crippen LogP) is 5.38. The van der Waals surface area contributed by atoms with Crippen LogP contribution >= 0.6 is 11.6 Å². The molecule has 1 heterocycles. The van der Waals surface area contributed by atoms with Gasteiger partial charge in [0.1, 0.15) is 23.0 Å². The molecule has 1 aliphatic heterocycles. The van der Waals surface area contributed by atoms with Gasteiger partial charge in [0.05, 0.1) is 37.5 Å². The van der Waals surface area contributed by atoms with E-state index < -0.39 is 17.7 Å². The number of hydrogen-bond donors (Lipinski definition) is 1. The Morgan fingerprint density at radius 3 is 2.39 bits per heavy atom. The van der Waals surface area contributed by atoms with E-state index in [1.807, 2.05) is 19.1 Å². The van der Waals surface area contributed by atoms with E-state index in [0.29, 0.717) is 40.0 Å². The molecule has 1 fully saturated rings. The number of amides is 1. The Bertz CT molecular complexity index is 1320. The van der Waals surface area contributed by atoms with E-state index in [2.05, 4.69) is 0 Å². The molecule has 4 rings (SSSR count). The van der Waals surface area contributed by atoms with Crippen LogP contribution in [0.15, 0.2) is 72.3 Å². The summed E-state index contributed by atoms with van der Waals surface area (Å²) in [5.74, 6) is -0.186. The number of ketones is 1. The van der Waals surface area contributed by atoms with Gasteiger partial charge in [0.2, 0.25) is 0 Å². The van der Waals surface area contributed by atoms with Crippen LogP contribution in [0.4, 0.5) is 0 Å². The Labute approximate surface area is 214 Å². The second kappa shape index (κ2) is 10.7. The van der Waals surface area contributed by atoms with Crippen molar-refractivity contribution >= 4 is 29.1 Å². The number of methoxy groups -OCH3 is 2. The number of rotatable bonds is 8. The van der Waals surface area contributed by atoms with Crippen LogP contribution in [-0.4, -0.2) is 42.5 Å². The maximum absolute atomic E-state index is 13.3. The zero-order valence-electron chi connectivity index (χ0n) is 20.2. The third-order valence-electron chi connectivity index (χ3n) is 5.96. The molecule has 1 amide bonds. The van der Waals surface area contributed by atoms with Gasteiger partial charge < -0.3 is 24.2 Å². The zero-order valence-corrected chi connectivity index (χ0v) is 20.9. The summed E-state index contributed by atoms with van der Waals surface area (Å²) in [5, 5.41) is 11.7. The molecule has 186 valence electrons. The lowest BCUT2D eigenvalue weighted by atomic mass is 9.95. The highest BCUT2D eigenvalue weighted by molar-refractivity contribution is 6.46. The van der Waals surface area contributed by atoms with E-state index in [0.717, 1.165) is 5.56 Å². The number of carbonyl (C=O) groups is 2. The van der Waals surface area contributed by atoms with Gasteiger partial charge in [0.15, 0.2) is 0 Å². The minimum Gasteiger partial charge on any atom is -0.507 e. The van der Waals surface area contributed by atoms with Crippen molar-refractivity contribution in [3.8, 4) is 17.2 Å². The number of carbonyl (C=O) groups excluding carboxylic acids is 2. The van der Waals surface area contributed by atoms with Crippen LogP contribution in [0.5, 0.6) is 17.2 Å². The summed E-state index contributed by atoms with van der Waals surface area (Å²) in [6.07, 6.45) is 0. The molecule has 1 unspecified atom stereocenters. The first kappa shape index (κ1) is 25.1. The molecule has 36 heavy (non-hydrogen) atoms. The van der Waals surface area contributed by atoms with Gasteiger partial charge >= 0.3 is 0 Å². The normalized spacial score (nSPS) is 16.8. The van der Waals surface area contributed by atoms with Crippen LogP contribution in [0.25, 0.3) is 5.76 Å². The van der Waals surface area contributed by atoms with Crippen LogP contribution in [0.1, 0.15) is 29.7 Å². The van der Waals surface area contributed by atoms with Gasteiger partial charge in [-0.2, -0.15) is 0 Å². The Balaban J connectivity index is 1.85. The molecule has 0 bridgehead atoms. The van der Waals surface area contributed by atoms with Gasteiger partial charge in [0.25, 0.3) is 11.7 Å². The standard InChI is InChI=1S/C28H26ClNO6/c1-4-36-21-7-5-6-18(14-21)25-24(26(31)19-10-13-22(29)23(15-19)35-3)27(32)28(33)30(25)16-17-8-11-20(34-2)12-9-17/h5-15,25,31H,4,16H2,1-3H3/b26-24-. The number of aliphatic hydroxyl groups is 1. The van der Waals surface area contributed by atoms with Crippen molar-refractivity contribution in [3.05, 3.63) is 94.0 Å². The van der Waals surface area contributed by atoms with E-state index in [1.54, 1.807) is 55.6 Å². The minimum absolute atomic E-state index is 0.0217. The minimum atomic E-state index is -0.839. The first-order valence-corrected chi connectivity index (χ1v) is 11.7. The summed E-state index contributed by atoms with van der Waals surface area (Å²) in [6.45, 7) is 2.48. The zero-order chi connectivity index (χ0) is 25.8. The van der Waals surface area contributed by atoms with E-state index in [9.17, 15) is 14.7 Å². The van der Waals surface area contributed by atoms with E-state index >= 15 is 0 Å². The second-order valence-electron chi connectivity index (χ2n) is 8.13. The summed E-state index contributed by atoms with van der Waals surface area (Å²) in [7, 11) is 3.03. The highest BCUT2D eigenvalue weighted by Crippen LogP contribution is 2.42. The van der Waals surface area contributed by atoms with Crippen molar-refractivity contribution < 1.29 is 28.9 Å². The van der Waals surface area contributed by atoms with Crippen molar-refractivity contribution in [2.24, 2.45) is 0 Å². The Morgan fingerprint density at radius 1 is 0.972 bits per heavy atom. The summed E-state index contributed by atoms with van der Waals surface area (Å²) in [5.41, 5.74) is 1.73. The van der Waals surface area contributed by atoms with Crippen molar-refractivity contribution in [2.45, 2.75) is 19.5 Å². The van der Waals surface area contributed by atoms with Crippen LogP contribution < -0.4 is 14.2 Å². The molecule has 0 spiro atoms. The van der Waals surface area contributed by atoms with Crippen molar-refractivity contribution in [1.29, 1.82) is 0 Å². The van der Waals surface area contributed by atoms with Crippen LogP contribution in [0, 0.1) is 0 Å². The number of aliphatic hydroxyl groups excluding tert-OH is 1.